The summed E-state index contributed by atoms with van der Waals surface area (Å²) in [6.07, 6.45) is 0. The van der Waals surface area contributed by atoms with E-state index < -0.39 is 5.82 Å². The second-order valence-corrected chi connectivity index (χ2v) is 4.36. The summed E-state index contributed by atoms with van der Waals surface area (Å²) < 4.78 is 22.6. The predicted molar refractivity (Wildman–Crippen MR) is 60.4 cm³/mol. The van der Waals surface area contributed by atoms with Crippen LogP contribution in [-0.4, -0.2) is 9.59 Å². The normalized spacial score (nSPS) is 9.94. The first-order valence-electron chi connectivity index (χ1n) is 4.50. The SMILES string of the molecule is N#Cc1c(F)cccc1OCc1nnsc1Cl. The number of ether oxygens (including phenoxy) is 1. The fourth-order valence-electron chi connectivity index (χ4n) is 1.16. The maximum absolute atomic E-state index is 13.2. The summed E-state index contributed by atoms with van der Waals surface area (Å²) in [6, 6.07) is 5.91. The van der Waals surface area contributed by atoms with Crippen LogP contribution >= 0.6 is 23.1 Å². The summed E-state index contributed by atoms with van der Waals surface area (Å²) in [4.78, 5) is 0. The molecule has 4 nitrogen and oxygen atoms in total. The molecule has 0 aliphatic carbocycles. The van der Waals surface area contributed by atoms with Gasteiger partial charge in [-0.2, -0.15) is 5.26 Å². The lowest BCUT2D eigenvalue weighted by Crippen LogP contribution is -1.99. The van der Waals surface area contributed by atoms with Crippen molar-refractivity contribution in [2.24, 2.45) is 0 Å². The molecule has 0 aliphatic rings. The van der Waals surface area contributed by atoms with Gasteiger partial charge in [0.1, 0.15) is 39.8 Å². The van der Waals surface area contributed by atoms with Crippen LogP contribution in [0.4, 0.5) is 4.39 Å². The summed E-state index contributed by atoms with van der Waals surface area (Å²) in [6.45, 7) is 0.0491. The molecule has 1 aromatic carbocycles. The standard InChI is InChI=1S/C10H5ClFN3OS/c11-10-8(14-15-17-10)5-16-9-3-1-2-7(12)6(9)4-13/h1-3H,5H2. The molecule has 0 bridgehead atoms. The van der Waals surface area contributed by atoms with Crippen molar-refractivity contribution in [3.63, 3.8) is 0 Å². The van der Waals surface area contributed by atoms with Gasteiger partial charge in [-0.1, -0.05) is 22.2 Å². The van der Waals surface area contributed by atoms with E-state index in [1.165, 1.54) is 18.2 Å². The van der Waals surface area contributed by atoms with Crippen molar-refractivity contribution in [2.75, 3.05) is 0 Å². The lowest BCUT2D eigenvalue weighted by Gasteiger charge is -2.06. The van der Waals surface area contributed by atoms with Crippen LogP contribution in [-0.2, 0) is 6.61 Å². The number of hydrogen-bond donors (Lipinski definition) is 0. The highest BCUT2D eigenvalue weighted by Gasteiger charge is 2.11. The van der Waals surface area contributed by atoms with Crippen molar-refractivity contribution in [3.05, 3.63) is 39.6 Å². The lowest BCUT2D eigenvalue weighted by atomic mass is 10.2. The Labute approximate surface area is 105 Å². The molecule has 0 radical (unpaired) electrons. The van der Waals surface area contributed by atoms with Gasteiger partial charge in [-0.15, -0.1) is 5.10 Å². The molecule has 0 N–H and O–H groups in total. The summed E-state index contributed by atoms with van der Waals surface area (Å²) in [7, 11) is 0. The summed E-state index contributed by atoms with van der Waals surface area (Å²) >= 11 is 6.82. The Morgan fingerprint density at radius 3 is 3.00 bits per heavy atom. The Balaban J connectivity index is 2.18. The predicted octanol–water partition coefficient (Wildman–Crippen LogP) is 2.78. The molecule has 17 heavy (non-hydrogen) atoms. The lowest BCUT2D eigenvalue weighted by molar-refractivity contribution is 0.298. The van der Waals surface area contributed by atoms with E-state index >= 15 is 0 Å². The maximum Gasteiger partial charge on any atom is 0.144 e. The van der Waals surface area contributed by atoms with Gasteiger partial charge in [0.15, 0.2) is 0 Å². The van der Waals surface area contributed by atoms with Crippen molar-refractivity contribution >= 4 is 23.1 Å². The van der Waals surface area contributed by atoms with Crippen molar-refractivity contribution in [2.45, 2.75) is 6.61 Å². The van der Waals surface area contributed by atoms with E-state index in [0.717, 1.165) is 11.5 Å². The van der Waals surface area contributed by atoms with E-state index in [0.29, 0.717) is 10.0 Å². The van der Waals surface area contributed by atoms with Crippen LogP contribution in [0.5, 0.6) is 5.75 Å². The van der Waals surface area contributed by atoms with E-state index in [9.17, 15) is 4.39 Å². The highest BCUT2D eigenvalue weighted by molar-refractivity contribution is 7.10. The minimum Gasteiger partial charge on any atom is -0.486 e. The zero-order chi connectivity index (χ0) is 12.3. The number of nitrogens with zero attached hydrogens (tertiary/aromatic N) is 3. The molecule has 2 aromatic rings. The molecule has 7 heteroatoms. The minimum absolute atomic E-state index is 0.0491. The first-order valence-corrected chi connectivity index (χ1v) is 5.65. The number of rotatable bonds is 3. The van der Waals surface area contributed by atoms with Crippen LogP contribution in [0, 0.1) is 17.1 Å². The molecule has 0 unspecified atom stereocenters. The molecule has 0 fully saturated rings. The molecule has 0 atom stereocenters. The Bertz CT molecular complexity index is 581. The van der Waals surface area contributed by atoms with Gasteiger partial charge in [0.05, 0.1) is 0 Å². The number of halogens is 2. The van der Waals surface area contributed by atoms with Crippen LogP contribution in [0.1, 0.15) is 11.3 Å². The van der Waals surface area contributed by atoms with E-state index in [-0.39, 0.29) is 17.9 Å². The van der Waals surface area contributed by atoms with Crippen LogP contribution in [0.25, 0.3) is 0 Å². The van der Waals surface area contributed by atoms with E-state index in [2.05, 4.69) is 9.59 Å². The van der Waals surface area contributed by atoms with Gasteiger partial charge in [-0.3, -0.25) is 0 Å². The number of nitriles is 1. The van der Waals surface area contributed by atoms with Crippen molar-refractivity contribution in [1.82, 2.24) is 9.59 Å². The third-order valence-corrected chi connectivity index (χ3v) is 2.95. The Hall–Kier alpha value is -1.71. The summed E-state index contributed by atoms with van der Waals surface area (Å²) in [5.41, 5.74) is 0.330. The second kappa shape index (κ2) is 5.08. The Morgan fingerprint density at radius 1 is 1.53 bits per heavy atom. The topological polar surface area (TPSA) is 58.8 Å². The zero-order valence-corrected chi connectivity index (χ0v) is 9.93. The second-order valence-electron chi connectivity index (χ2n) is 3.01. The first-order chi connectivity index (χ1) is 8.22. The highest BCUT2D eigenvalue weighted by atomic mass is 35.5. The highest BCUT2D eigenvalue weighted by Crippen LogP contribution is 2.23. The molecule has 0 saturated heterocycles. The van der Waals surface area contributed by atoms with Gasteiger partial charge in [0.2, 0.25) is 0 Å². The number of aromatic nitrogens is 2. The molecule has 0 saturated carbocycles. The van der Waals surface area contributed by atoms with E-state index in [1.54, 1.807) is 6.07 Å². The third-order valence-electron chi connectivity index (χ3n) is 1.96. The van der Waals surface area contributed by atoms with Crippen LogP contribution in [0.3, 0.4) is 0 Å². The molecule has 1 heterocycles. The largest absolute Gasteiger partial charge is 0.486 e. The molecular weight excluding hydrogens is 265 g/mol. The zero-order valence-electron chi connectivity index (χ0n) is 8.35. The van der Waals surface area contributed by atoms with E-state index in [1.807, 2.05) is 0 Å². The number of hydrogen-bond acceptors (Lipinski definition) is 5. The maximum atomic E-state index is 13.2. The van der Waals surface area contributed by atoms with Crippen molar-refractivity contribution < 1.29 is 9.13 Å². The Kier molecular flexibility index (Phi) is 3.52. The molecule has 2 rings (SSSR count). The monoisotopic (exact) mass is 269 g/mol. The van der Waals surface area contributed by atoms with Gasteiger partial charge < -0.3 is 4.74 Å². The van der Waals surface area contributed by atoms with E-state index in [4.69, 9.17) is 21.6 Å². The van der Waals surface area contributed by atoms with Gasteiger partial charge in [0, 0.05) is 11.5 Å². The fraction of sp³-hybridized carbons (Fsp3) is 0.100. The van der Waals surface area contributed by atoms with Crippen molar-refractivity contribution in [3.8, 4) is 11.8 Å². The fourth-order valence-corrected chi connectivity index (χ4v) is 1.76. The smallest absolute Gasteiger partial charge is 0.144 e. The van der Waals surface area contributed by atoms with Gasteiger partial charge in [0.25, 0.3) is 0 Å². The quantitative estimate of drug-likeness (QED) is 0.860. The van der Waals surface area contributed by atoms with Crippen molar-refractivity contribution in [1.29, 1.82) is 5.26 Å². The van der Waals surface area contributed by atoms with Gasteiger partial charge in [-0.25, -0.2) is 4.39 Å². The first kappa shape index (κ1) is 11.8. The molecule has 0 amide bonds. The van der Waals surface area contributed by atoms with Gasteiger partial charge in [-0.05, 0) is 12.1 Å². The minimum atomic E-state index is -0.618. The molecule has 1 aromatic heterocycles. The molecule has 0 aliphatic heterocycles. The molecule has 86 valence electrons. The van der Waals surface area contributed by atoms with Crippen LogP contribution < -0.4 is 4.74 Å². The summed E-state index contributed by atoms with van der Waals surface area (Å²) in [5, 5.41) is 12.5. The van der Waals surface area contributed by atoms with Gasteiger partial charge >= 0.3 is 0 Å². The third kappa shape index (κ3) is 2.52. The molecule has 0 spiro atoms. The van der Waals surface area contributed by atoms with Crippen LogP contribution in [0.2, 0.25) is 4.34 Å². The molecular formula is C10H5ClFN3OS. The summed E-state index contributed by atoms with van der Waals surface area (Å²) in [5.74, 6) is -0.455. The Morgan fingerprint density at radius 2 is 2.35 bits per heavy atom. The average Bonchev–Trinajstić information content (AvgIpc) is 2.72. The van der Waals surface area contributed by atoms with Crippen LogP contribution in [0.15, 0.2) is 18.2 Å². The average molecular weight is 270 g/mol. The number of benzene rings is 1.